The molecule has 0 heterocycles. The van der Waals surface area contributed by atoms with E-state index in [1.807, 2.05) is 6.07 Å². The third-order valence-corrected chi connectivity index (χ3v) is 2.97. The van der Waals surface area contributed by atoms with Gasteiger partial charge >= 0.3 is 5.97 Å². The van der Waals surface area contributed by atoms with E-state index in [1.165, 1.54) is 7.11 Å². The van der Waals surface area contributed by atoms with Gasteiger partial charge < -0.3 is 15.2 Å². The van der Waals surface area contributed by atoms with Crippen LogP contribution in [0.2, 0.25) is 5.02 Å². The zero-order valence-corrected chi connectivity index (χ0v) is 11.7. The van der Waals surface area contributed by atoms with Crippen molar-refractivity contribution in [2.24, 2.45) is 0 Å². The Labute approximate surface area is 122 Å². The van der Waals surface area contributed by atoms with Crippen molar-refractivity contribution >= 4 is 23.3 Å². The van der Waals surface area contributed by atoms with Crippen LogP contribution >= 0.6 is 11.6 Å². The highest BCUT2D eigenvalue weighted by atomic mass is 35.5. The van der Waals surface area contributed by atoms with Crippen molar-refractivity contribution in [2.45, 2.75) is 6.61 Å². The summed E-state index contributed by atoms with van der Waals surface area (Å²) in [5.41, 5.74) is 7.24. The first kappa shape index (κ1) is 14.2. The number of hydrogen-bond donors (Lipinski definition) is 1. The van der Waals surface area contributed by atoms with Gasteiger partial charge in [0.15, 0.2) is 0 Å². The molecule has 0 unspecified atom stereocenters. The smallest absolute Gasteiger partial charge is 0.340 e. The first-order valence-corrected chi connectivity index (χ1v) is 6.33. The van der Waals surface area contributed by atoms with Gasteiger partial charge in [-0.15, -0.1) is 0 Å². The minimum absolute atomic E-state index is 0.144. The van der Waals surface area contributed by atoms with Crippen LogP contribution in [0.25, 0.3) is 0 Å². The number of carbonyl (C=O) groups is 1. The Hall–Kier alpha value is -2.20. The number of ether oxygens (including phenoxy) is 2. The third kappa shape index (κ3) is 3.42. The first-order chi connectivity index (χ1) is 9.60. The van der Waals surface area contributed by atoms with E-state index in [0.29, 0.717) is 22.0 Å². The van der Waals surface area contributed by atoms with Gasteiger partial charge in [-0.3, -0.25) is 0 Å². The number of hydrogen-bond acceptors (Lipinski definition) is 4. The zero-order chi connectivity index (χ0) is 14.5. The number of rotatable bonds is 4. The lowest BCUT2D eigenvalue weighted by Crippen LogP contribution is -2.08. The Kier molecular flexibility index (Phi) is 4.48. The fraction of sp³-hybridized carbons (Fsp3) is 0.133. The zero-order valence-electron chi connectivity index (χ0n) is 10.9. The summed E-state index contributed by atoms with van der Waals surface area (Å²) >= 11 is 5.86. The minimum atomic E-state index is -0.481. The lowest BCUT2D eigenvalue weighted by Gasteiger charge is -2.08. The van der Waals surface area contributed by atoms with Crippen LogP contribution < -0.4 is 10.5 Å². The van der Waals surface area contributed by atoms with E-state index in [1.54, 1.807) is 36.4 Å². The molecule has 104 valence electrons. The molecule has 0 fully saturated rings. The summed E-state index contributed by atoms with van der Waals surface area (Å²) in [6.07, 6.45) is 0. The fourth-order valence-corrected chi connectivity index (χ4v) is 1.92. The number of anilines is 1. The Morgan fingerprint density at radius 3 is 2.70 bits per heavy atom. The predicted molar refractivity (Wildman–Crippen MR) is 78.0 cm³/mol. The molecule has 2 N–H and O–H groups in total. The number of halogens is 1. The van der Waals surface area contributed by atoms with E-state index in [2.05, 4.69) is 0 Å². The van der Waals surface area contributed by atoms with E-state index < -0.39 is 5.97 Å². The third-order valence-electron chi connectivity index (χ3n) is 2.74. The molecule has 0 spiro atoms. The highest BCUT2D eigenvalue weighted by Gasteiger charge is 2.12. The molecule has 0 atom stereocenters. The first-order valence-electron chi connectivity index (χ1n) is 5.95. The number of nitrogens with two attached hydrogens (primary N) is 1. The number of carbonyl (C=O) groups excluding carboxylic acids is 1. The van der Waals surface area contributed by atoms with Gasteiger partial charge in [-0.2, -0.15) is 0 Å². The van der Waals surface area contributed by atoms with Gasteiger partial charge in [0.1, 0.15) is 12.4 Å². The number of esters is 1. The van der Waals surface area contributed by atoms with Crippen LogP contribution in [0.1, 0.15) is 15.9 Å². The molecule has 5 heteroatoms. The van der Waals surface area contributed by atoms with E-state index in [9.17, 15) is 4.79 Å². The molecule has 0 aliphatic carbocycles. The molecular formula is C15H14ClNO3. The largest absolute Gasteiger partial charge is 0.497 e. The fourth-order valence-electron chi connectivity index (χ4n) is 1.71. The lowest BCUT2D eigenvalue weighted by atomic mass is 10.1. The molecule has 0 aromatic heterocycles. The van der Waals surface area contributed by atoms with Gasteiger partial charge in [-0.1, -0.05) is 23.7 Å². The van der Waals surface area contributed by atoms with Gasteiger partial charge in [0.2, 0.25) is 0 Å². The minimum Gasteiger partial charge on any atom is -0.497 e. The summed E-state index contributed by atoms with van der Waals surface area (Å²) in [5, 5.41) is 0.600. The summed E-state index contributed by atoms with van der Waals surface area (Å²) in [5.74, 6) is 0.110. The van der Waals surface area contributed by atoms with Crippen molar-refractivity contribution in [3.05, 3.63) is 58.6 Å². The molecule has 0 radical (unpaired) electrons. The second kappa shape index (κ2) is 6.30. The van der Waals surface area contributed by atoms with E-state index in [0.717, 1.165) is 5.56 Å². The van der Waals surface area contributed by atoms with Crippen LogP contribution in [0.15, 0.2) is 42.5 Å². The number of nitrogen functional groups attached to an aromatic ring is 1. The summed E-state index contributed by atoms with van der Waals surface area (Å²) in [6, 6.07) is 11.9. The van der Waals surface area contributed by atoms with Crippen molar-refractivity contribution in [1.82, 2.24) is 0 Å². The Morgan fingerprint density at radius 2 is 2.05 bits per heavy atom. The van der Waals surface area contributed by atoms with Gasteiger partial charge in [0.05, 0.1) is 12.7 Å². The molecule has 0 saturated carbocycles. The molecular weight excluding hydrogens is 278 g/mol. The summed E-state index contributed by atoms with van der Waals surface area (Å²) in [7, 11) is 1.53. The van der Waals surface area contributed by atoms with Crippen LogP contribution in [0.5, 0.6) is 5.75 Å². The van der Waals surface area contributed by atoms with Crippen molar-refractivity contribution in [3.8, 4) is 5.75 Å². The maximum atomic E-state index is 11.9. The Morgan fingerprint density at radius 1 is 1.25 bits per heavy atom. The second-order valence-corrected chi connectivity index (χ2v) is 4.60. The van der Waals surface area contributed by atoms with Crippen LogP contribution in [-0.4, -0.2) is 13.1 Å². The molecule has 2 aromatic carbocycles. The van der Waals surface area contributed by atoms with Gasteiger partial charge in [-0.05, 0) is 29.8 Å². The van der Waals surface area contributed by atoms with Gasteiger partial charge in [0, 0.05) is 16.8 Å². The van der Waals surface area contributed by atoms with Crippen LogP contribution in [-0.2, 0) is 11.3 Å². The topological polar surface area (TPSA) is 61.5 Å². The SMILES string of the molecule is COc1ccc(C(=O)OCc2cccc(Cl)c2)c(N)c1. The molecule has 2 aromatic rings. The van der Waals surface area contributed by atoms with E-state index >= 15 is 0 Å². The molecule has 2 rings (SSSR count). The standard InChI is InChI=1S/C15H14ClNO3/c1-19-12-5-6-13(14(17)8-12)15(18)20-9-10-3-2-4-11(16)7-10/h2-8H,9,17H2,1H3. The highest BCUT2D eigenvalue weighted by molar-refractivity contribution is 6.30. The highest BCUT2D eigenvalue weighted by Crippen LogP contribution is 2.21. The van der Waals surface area contributed by atoms with Crippen molar-refractivity contribution in [2.75, 3.05) is 12.8 Å². The number of benzene rings is 2. The van der Waals surface area contributed by atoms with Crippen molar-refractivity contribution in [3.63, 3.8) is 0 Å². The normalized spacial score (nSPS) is 10.1. The van der Waals surface area contributed by atoms with Gasteiger partial charge in [0.25, 0.3) is 0 Å². The van der Waals surface area contributed by atoms with E-state index in [-0.39, 0.29) is 6.61 Å². The predicted octanol–water partition coefficient (Wildman–Crippen LogP) is 3.29. The maximum absolute atomic E-state index is 11.9. The average molecular weight is 292 g/mol. The van der Waals surface area contributed by atoms with E-state index in [4.69, 9.17) is 26.8 Å². The lowest BCUT2D eigenvalue weighted by molar-refractivity contribution is 0.0474. The van der Waals surface area contributed by atoms with Crippen LogP contribution in [0, 0.1) is 0 Å². The van der Waals surface area contributed by atoms with Crippen LogP contribution in [0.3, 0.4) is 0 Å². The maximum Gasteiger partial charge on any atom is 0.340 e. The van der Waals surface area contributed by atoms with Crippen LogP contribution in [0.4, 0.5) is 5.69 Å². The molecule has 0 saturated heterocycles. The molecule has 0 aliphatic heterocycles. The van der Waals surface area contributed by atoms with Crippen molar-refractivity contribution in [1.29, 1.82) is 0 Å². The molecule has 4 nitrogen and oxygen atoms in total. The quantitative estimate of drug-likeness (QED) is 0.693. The number of methoxy groups -OCH3 is 1. The molecule has 0 aliphatic rings. The molecule has 20 heavy (non-hydrogen) atoms. The monoisotopic (exact) mass is 291 g/mol. The summed E-state index contributed by atoms with van der Waals surface area (Å²) in [6.45, 7) is 0.144. The average Bonchev–Trinajstić information content (AvgIpc) is 2.44. The second-order valence-electron chi connectivity index (χ2n) is 4.16. The van der Waals surface area contributed by atoms with Gasteiger partial charge in [-0.25, -0.2) is 4.79 Å². The Bertz CT molecular complexity index is 628. The molecule has 0 bridgehead atoms. The molecule has 0 amide bonds. The van der Waals surface area contributed by atoms with Crippen molar-refractivity contribution < 1.29 is 14.3 Å². The Balaban J connectivity index is 2.05. The summed E-state index contributed by atoms with van der Waals surface area (Å²) in [4.78, 5) is 11.9. The summed E-state index contributed by atoms with van der Waals surface area (Å²) < 4.78 is 10.2.